The van der Waals surface area contributed by atoms with E-state index in [2.05, 4.69) is 31.2 Å². The first-order valence-corrected chi connectivity index (χ1v) is 5.47. The van der Waals surface area contributed by atoms with Crippen LogP contribution in [0.1, 0.15) is 39.0 Å². The lowest BCUT2D eigenvalue weighted by Crippen LogP contribution is -2.09. The summed E-state index contributed by atoms with van der Waals surface area (Å²) in [6, 6.07) is 0. The SMILES string of the molecule is CC=C1C=CC=C1C1CCCCC1. The van der Waals surface area contributed by atoms with Crippen molar-refractivity contribution in [2.24, 2.45) is 5.92 Å². The third kappa shape index (κ3) is 1.77. The van der Waals surface area contributed by atoms with Gasteiger partial charge in [0.2, 0.25) is 0 Å². The van der Waals surface area contributed by atoms with E-state index in [1.165, 1.54) is 37.7 Å². The zero-order chi connectivity index (χ0) is 9.10. The largest absolute Gasteiger partial charge is 0.0801 e. The lowest BCUT2D eigenvalue weighted by Gasteiger charge is -2.23. The highest BCUT2D eigenvalue weighted by atomic mass is 14.2. The summed E-state index contributed by atoms with van der Waals surface area (Å²) in [6.07, 6.45) is 16.1. The monoisotopic (exact) mass is 174 g/mol. The summed E-state index contributed by atoms with van der Waals surface area (Å²) in [7, 11) is 0. The minimum absolute atomic E-state index is 0.856. The summed E-state index contributed by atoms with van der Waals surface area (Å²) in [6.45, 7) is 2.14. The average Bonchev–Trinajstić information content (AvgIpc) is 2.67. The fraction of sp³-hybridized carbons (Fsp3) is 0.538. The van der Waals surface area contributed by atoms with Gasteiger partial charge in [0.25, 0.3) is 0 Å². The molecule has 0 nitrogen and oxygen atoms in total. The van der Waals surface area contributed by atoms with E-state index in [-0.39, 0.29) is 0 Å². The first-order chi connectivity index (χ1) is 6.42. The smallest absolute Gasteiger partial charge is 0.0156 e. The zero-order valence-electron chi connectivity index (χ0n) is 8.42. The molecular weight excluding hydrogens is 156 g/mol. The van der Waals surface area contributed by atoms with Crippen molar-refractivity contribution >= 4 is 0 Å². The van der Waals surface area contributed by atoms with E-state index in [1.807, 2.05) is 0 Å². The molecule has 0 bridgehead atoms. The predicted molar refractivity (Wildman–Crippen MR) is 57.6 cm³/mol. The van der Waals surface area contributed by atoms with E-state index in [9.17, 15) is 0 Å². The number of rotatable bonds is 1. The standard InChI is InChI=1S/C13H18/c1-2-11-9-6-10-13(11)12-7-4-3-5-8-12/h2,6,9-10,12H,3-5,7-8H2,1H3. The van der Waals surface area contributed by atoms with Crippen molar-refractivity contribution in [3.63, 3.8) is 0 Å². The molecule has 0 heteroatoms. The molecule has 0 atom stereocenters. The summed E-state index contributed by atoms with van der Waals surface area (Å²) < 4.78 is 0. The third-order valence-electron chi connectivity index (χ3n) is 3.24. The fourth-order valence-corrected chi connectivity index (χ4v) is 2.50. The summed E-state index contributed by atoms with van der Waals surface area (Å²) >= 11 is 0. The Labute approximate surface area is 81.0 Å². The predicted octanol–water partition coefficient (Wildman–Crippen LogP) is 4.01. The van der Waals surface area contributed by atoms with Gasteiger partial charge in [-0.05, 0) is 36.8 Å². The van der Waals surface area contributed by atoms with Gasteiger partial charge in [0, 0.05) is 0 Å². The lowest BCUT2D eigenvalue weighted by molar-refractivity contribution is 0.407. The van der Waals surface area contributed by atoms with Crippen molar-refractivity contribution in [3.05, 3.63) is 35.5 Å². The Balaban J connectivity index is 2.08. The van der Waals surface area contributed by atoms with Gasteiger partial charge < -0.3 is 0 Å². The molecule has 0 radical (unpaired) electrons. The van der Waals surface area contributed by atoms with Gasteiger partial charge in [-0.25, -0.2) is 0 Å². The van der Waals surface area contributed by atoms with Gasteiger partial charge in [-0.15, -0.1) is 0 Å². The molecule has 0 aromatic carbocycles. The van der Waals surface area contributed by atoms with Crippen molar-refractivity contribution in [1.82, 2.24) is 0 Å². The molecule has 13 heavy (non-hydrogen) atoms. The Morgan fingerprint density at radius 3 is 2.69 bits per heavy atom. The molecule has 0 amide bonds. The molecule has 0 N–H and O–H groups in total. The van der Waals surface area contributed by atoms with Crippen LogP contribution in [0.4, 0.5) is 0 Å². The Hall–Kier alpha value is -0.780. The van der Waals surface area contributed by atoms with Crippen LogP contribution in [0.2, 0.25) is 0 Å². The lowest BCUT2D eigenvalue weighted by atomic mass is 9.82. The van der Waals surface area contributed by atoms with Gasteiger partial charge in [-0.2, -0.15) is 0 Å². The quantitative estimate of drug-likeness (QED) is 0.563. The topological polar surface area (TPSA) is 0 Å². The van der Waals surface area contributed by atoms with E-state index in [0.29, 0.717) is 0 Å². The Kier molecular flexibility index (Phi) is 2.68. The minimum Gasteiger partial charge on any atom is -0.0801 e. The Bertz CT molecular complexity index is 260. The molecule has 2 aliphatic carbocycles. The van der Waals surface area contributed by atoms with Gasteiger partial charge in [0.05, 0.1) is 0 Å². The minimum atomic E-state index is 0.856. The van der Waals surface area contributed by atoms with Crippen LogP contribution in [0.25, 0.3) is 0 Å². The highest BCUT2D eigenvalue weighted by Gasteiger charge is 2.20. The van der Waals surface area contributed by atoms with Crippen molar-refractivity contribution in [1.29, 1.82) is 0 Å². The molecule has 0 aromatic rings. The second-order valence-corrected chi connectivity index (χ2v) is 4.06. The summed E-state index contributed by atoms with van der Waals surface area (Å²) in [4.78, 5) is 0. The summed E-state index contributed by atoms with van der Waals surface area (Å²) in [5, 5.41) is 0. The number of hydrogen-bond acceptors (Lipinski definition) is 0. The van der Waals surface area contributed by atoms with Crippen LogP contribution in [-0.2, 0) is 0 Å². The normalized spacial score (nSPS) is 26.8. The van der Waals surface area contributed by atoms with Crippen LogP contribution in [0.15, 0.2) is 35.5 Å². The molecule has 0 saturated heterocycles. The highest BCUT2D eigenvalue weighted by Crippen LogP contribution is 2.35. The third-order valence-corrected chi connectivity index (χ3v) is 3.24. The maximum absolute atomic E-state index is 2.31. The van der Waals surface area contributed by atoms with E-state index < -0.39 is 0 Å². The van der Waals surface area contributed by atoms with E-state index >= 15 is 0 Å². The molecule has 1 fully saturated rings. The van der Waals surface area contributed by atoms with Crippen LogP contribution < -0.4 is 0 Å². The van der Waals surface area contributed by atoms with Gasteiger partial charge in [0.1, 0.15) is 0 Å². The molecule has 0 heterocycles. The van der Waals surface area contributed by atoms with Gasteiger partial charge >= 0.3 is 0 Å². The Morgan fingerprint density at radius 1 is 1.23 bits per heavy atom. The van der Waals surface area contributed by atoms with Crippen molar-refractivity contribution in [2.75, 3.05) is 0 Å². The molecule has 0 aliphatic heterocycles. The summed E-state index contributed by atoms with van der Waals surface area (Å²) in [5.74, 6) is 0.856. The molecule has 1 saturated carbocycles. The van der Waals surface area contributed by atoms with Crippen LogP contribution in [0, 0.1) is 5.92 Å². The van der Waals surface area contributed by atoms with Crippen LogP contribution in [0.5, 0.6) is 0 Å². The van der Waals surface area contributed by atoms with Crippen molar-refractivity contribution in [2.45, 2.75) is 39.0 Å². The second kappa shape index (κ2) is 3.95. The van der Waals surface area contributed by atoms with Crippen molar-refractivity contribution in [3.8, 4) is 0 Å². The van der Waals surface area contributed by atoms with Gasteiger partial charge in [-0.1, -0.05) is 43.6 Å². The van der Waals surface area contributed by atoms with E-state index in [4.69, 9.17) is 0 Å². The van der Waals surface area contributed by atoms with E-state index in [0.717, 1.165) is 5.92 Å². The first kappa shape index (κ1) is 8.80. The molecule has 70 valence electrons. The zero-order valence-corrected chi connectivity index (χ0v) is 8.42. The van der Waals surface area contributed by atoms with Crippen molar-refractivity contribution < 1.29 is 0 Å². The molecule has 0 spiro atoms. The van der Waals surface area contributed by atoms with Crippen LogP contribution in [-0.4, -0.2) is 0 Å². The summed E-state index contributed by atoms with van der Waals surface area (Å²) in [5.41, 5.74) is 3.06. The number of hydrogen-bond donors (Lipinski definition) is 0. The van der Waals surface area contributed by atoms with Gasteiger partial charge in [-0.3, -0.25) is 0 Å². The average molecular weight is 174 g/mol. The highest BCUT2D eigenvalue weighted by molar-refractivity contribution is 5.49. The van der Waals surface area contributed by atoms with Gasteiger partial charge in [0.15, 0.2) is 0 Å². The first-order valence-electron chi connectivity index (χ1n) is 5.47. The molecular formula is C13H18. The van der Waals surface area contributed by atoms with Crippen LogP contribution in [0.3, 0.4) is 0 Å². The fourth-order valence-electron chi connectivity index (χ4n) is 2.50. The molecule has 0 aromatic heterocycles. The molecule has 2 aliphatic rings. The maximum atomic E-state index is 2.31. The van der Waals surface area contributed by atoms with Crippen LogP contribution >= 0.6 is 0 Å². The molecule has 2 rings (SSSR count). The van der Waals surface area contributed by atoms with E-state index in [1.54, 1.807) is 5.57 Å². The molecule has 0 unspecified atom stereocenters. The second-order valence-electron chi connectivity index (χ2n) is 4.06. The maximum Gasteiger partial charge on any atom is -0.0156 e. The number of allylic oxidation sites excluding steroid dienone is 6. The Morgan fingerprint density at radius 2 is 2.00 bits per heavy atom.